The molecule has 0 saturated carbocycles. The number of hydrogen-bond acceptors (Lipinski definition) is 8. The normalized spacial score (nSPS) is 14.0. The van der Waals surface area contributed by atoms with Gasteiger partial charge < -0.3 is 25.8 Å². The Balaban J connectivity index is 1.58. The van der Waals surface area contributed by atoms with E-state index in [0.29, 0.717) is 6.42 Å². The average Bonchev–Trinajstić information content (AvgIpc) is 3.52. The Morgan fingerprint density at radius 2 is 1.58 bits per heavy atom. The van der Waals surface area contributed by atoms with E-state index in [1.807, 2.05) is 86.8 Å². The van der Waals surface area contributed by atoms with Crippen molar-refractivity contribution in [3.63, 3.8) is 0 Å². The molecule has 12 heteroatoms. The summed E-state index contributed by atoms with van der Waals surface area (Å²) in [5.74, 6) is -0.488. The quantitative estimate of drug-likeness (QED) is 0.106. The maximum atomic E-state index is 13.8. The maximum Gasteiger partial charge on any atom is 0.251 e. The highest BCUT2D eigenvalue weighted by Crippen LogP contribution is 2.25. The molecule has 0 bridgehead atoms. The number of anilines is 1. The van der Waals surface area contributed by atoms with Crippen molar-refractivity contribution in [1.82, 2.24) is 16.0 Å². The van der Waals surface area contributed by atoms with E-state index in [2.05, 4.69) is 20.7 Å². The Bertz CT molecular complexity index is 1790. The molecule has 4 rings (SSSR count). The molecule has 1 heterocycles. The Morgan fingerprint density at radius 3 is 2.21 bits per heavy atom. The molecule has 5 N–H and O–H groups in total. The molecule has 256 valence electrons. The first-order valence-corrected chi connectivity index (χ1v) is 18.3. The van der Waals surface area contributed by atoms with Crippen LogP contribution in [0.15, 0.2) is 84.2 Å². The lowest BCUT2D eigenvalue weighted by atomic mass is 9.99. The van der Waals surface area contributed by atoms with E-state index in [1.54, 1.807) is 7.11 Å². The Labute approximate surface area is 287 Å². The number of aryl methyl sites for hydroxylation is 1. The molecule has 3 aromatic carbocycles. The predicted octanol–water partition coefficient (Wildman–Crippen LogP) is 5.37. The van der Waals surface area contributed by atoms with Crippen molar-refractivity contribution in [3.05, 3.63) is 117 Å². The van der Waals surface area contributed by atoms with E-state index in [1.165, 1.54) is 36.5 Å². The van der Waals surface area contributed by atoms with Gasteiger partial charge in [0.25, 0.3) is 11.8 Å². The van der Waals surface area contributed by atoms with Gasteiger partial charge in [0, 0.05) is 28.6 Å². The number of rotatable bonds is 16. The number of hydrogen-bond donors (Lipinski definition) is 5. The molecule has 2 amide bonds. The van der Waals surface area contributed by atoms with E-state index in [-0.39, 0.29) is 41.2 Å². The highest BCUT2D eigenvalue weighted by atomic mass is 32.2. The van der Waals surface area contributed by atoms with E-state index in [4.69, 9.17) is 4.74 Å². The minimum Gasteiger partial charge on any atom is -0.497 e. The van der Waals surface area contributed by atoms with Crippen LogP contribution in [0.1, 0.15) is 75.1 Å². The molecule has 0 spiro atoms. The number of nitrogens with one attached hydrogen (secondary N) is 4. The number of carbonyl (C=O) groups is 2. The van der Waals surface area contributed by atoms with Gasteiger partial charge >= 0.3 is 0 Å². The van der Waals surface area contributed by atoms with Crippen molar-refractivity contribution in [1.29, 1.82) is 0 Å². The van der Waals surface area contributed by atoms with Crippen LogP contribution in [0, 0.1) is 6.92 Å². The van der Waals surface area contributed by atoms with Gasteiger partial charge in [0.2, 0.25) is 10.0 Å². The SMILES string of the molecule is CCS(=O)(=O)Nc1cc(C(=O)NC(C)c2sccc2C)cc(C(=O)N[C@@H](Cc2ccccc2)[C@H](O)CN[C@H](C)c2cccc(OC)c2)c1. The zero-order valence-corrected chi connectivity index (χ0v) is 29.5. The van der Waals surface area contributed by atoms with Crippen LogP contribution in [-0.2, 0) is 16.4 Å². The third-order valence-corrected chi connectivity index (χ3v) is 10.6. The fraction of sp³-hybridized carbons (Fsp3) is 0.333. The monoisotopic (exact) mass is 692 g/mol. The lowest BCUT2D eigenvalue weighted by Gasteiger charge is -2.26. The van der Waals surface area contributed by atoms with Crippen LogP contribution in [0.5, 0.6) is 5.75 Å². The van der Waals surface area contributed by atoms with Gasteiger partial charge in [-0.05, 0) is 92.6 Å². The molecule has 0 aliphatic heterocycles. The molecule has 0 saturated heterocycles. The van der Waals surface area contributed by atoms with Crippen molar-refractivity contribution in [2.75, 3.05) is 24.1 Å². The summed E-state index contributed by atoms with van der Waals surface area (Å²) in [6.07, 6.45) is -0.669. The van der Waals surface area contributed by atoms with E-state index in [9.17, 15) is 23.1 Å². The molecule has 0 aliphatic rings. The Kier molecular flexibility index (Phi) is 12.8. The number of aliphatic hydroxyl groups is 1. The fourth-order valence-electron chi connectivity index (χ4n) is 5.25. The number of aliphatic hydroxyl groups excluding tert-OH is 1. The van der Waals surface area contributed by atoms with Gasteiger partial charge in [-0.3, -0.25) is 14.3 Å². The summed E-state index contributed by atoms with van der Waals surface area (Å²) in [5, 5.41) is 22.6. The van der Waals surface area contributed by atoms with Crippen molar-refractivity contribution in [2.24, 2.45) is 0 Å². The lowest BCUT2D eigenvalue weighted by Crippen LogP contribution is -2.49. The summed E-state index contributed by atoms with van der Waals surface area (Å²) >= 11 is 1.53. The highest BCUT2D eigenvalue weighted by Gasteiger charge is 2.25. The van der Waals surface area contributed by atoms with Crippen molar-refractivity contribution in [2.45, 2.75) is 58.3 Å². The second kappa shape index (κ2) is 16.7. The van der Waals surface area contributed by atoms with Crippen LogP contribution in [0.4, 0.5) is 5.69 Å². The summed E-state index contributed by atoms with van der Waals surface area (Å²) in [6.45, 7) is 7.47. The summed E-state index contributed by atoms with van der Waals surface area (Å²) in [7, 11) is -2.10. The lowest BCUT2D eigenvalue weighted by molar-refractivity contribution is 0.0825. The van der Waals surface area contributed by atoms with Gasteiger partial charge in [0.15, 0.2) is 0 Å². The number of ether oxygens (including phenoxy) is 1. The topological polar surface area (TPSA) is 146 Å². The van der Waals surface area contributed by atoms with E-state index < -0.39 is 34.0 Å². The largest absolute Gasteiger partial charge is 0.497 e. The van der Waals surface area contributed by atoms with Crippen LogP contribution < -0.4 is 25.4 Å². The highest BCUT2D eigenvalue weighted by molar-refractivity contribution is 7.92. The summed E-state index contributed by atoms with van der Waals surface area (Å²) in [4.78, 5) is 28.3. The van der Waals surface area contributed by atoms with Crippen LogP contribution in [-0.4, -0.2) is 56.9 Å². The van der Waals surface area contributed by atoms with Gasteiger partial charge in [0.1, 0.15) is 5.75 Å². The second-order valence-corrected chi connectivity index (χ2v) is 14.7. The molecule has 4 atom stereocenters. The maximum absolute atomic E-state index is 13.8. The minimum absolute atomic E-state index is 0.0689. The first-order valence-electron chi connectivity index (χ1n) is 15.8. The van der Waals surface area contributed by atoms with Gasteiger partial charge in [-0.1, -0.05) is 42.5 Å². The molecule has 1 aromatic heterocycles. The fourth-order valence-corrected chi connectivity index (χ4v) is 6.80. The number of amides is 2. The first-order chi connectivity index (χ1) is 22.9. The third kappa shape index (κ3) is 10.1. The van der Waals surface area contributed by atoms with Crippen molar-refractivity contribution >= 4 is 38.9 Å². The molecule has 1 unspecified atom stereocenters. The van der Waals surface area contributed by atoms with E-state index >= 15 is 0 Å². The minimum atomic E-state index is -3.71. The van der Waals surface area contributed by atoms with Crippen LogP contribution in [0.3, 0.4) is 0 Å². The van der Waals surface area contributed by atoms with Gasteiger partial charge in [-0.25, -0.2) is 8.42 Å². The Morgan fingerprint density at radius 1 is 0.896 bits per heavy atom. The molecule has 0 aliphatic carbocycles. The van der Waals surface area contributed by atoms with Crippen LogP contribution in [0.2, 0.25) is 0 Å². The number of sulfonamides is 1. The third-order valence-electron chi connectivity index (χ3n) is 8.06. The molecule has 0 radical (unpaired) electrons. The molecule has 10 nitrogen and oxygen atoms in total. The van der Waals surface area contributed by atoms with Gasteiger partial charge in [-0.15, -0.1) is 11.3 Å². The smallest absolute Gasteiger partial charge is 0.251 e. The standard InChI is InChI=1S/C36H44N4O6S2/c1-6-48(44,45)40-30-19-28(35(42)38-25(4)34-23(2)15-16-47-34)18-29(20-30)36(43)39-32(17-26-11-8-7-9-12-26)33(41)22-37-24(3)27-13-10-14-31(21-27)46-5/h7-16,18-21,24-25,32-33,37,40-41H,6,17,22H2,1-5H3,(H,38,42)(H,39,43)/t24-,25?,32+,33-/m1/s1. The zero-order chi connectivity index (χ0) is 34.8. The summed E-state index contributed by atoms with van der Waals surface area (Å²) in [5.41, 5.74) is 3.21. The number of thiophene rings is 1. The molecular formula is C36H44N4O6S2. The summed E-state index contributed by atoms with van der Waals surface area (Å²) in [6, 6.07) is 22.2. The van der Waals surface area contributed by atoms with Crippen LogP contribution in [0.25, 0.3) is 0 Å². The van der Waals surface area contributed by atoms with E-state index in [0.717, 1.165) is 27.3 Å². The molecule has 4 aromatic rings. The molecule has 48 heavy (non-hydrogen) atoms. The van der Waals surface area contributed by atoms with Crippen LogP contribution >= 0.6 is 11.3 Å². The second-order valence-electron chi connectivity index (χ2n) is 11.7. The zero-order valence-electron chi connectivity index (χ0n) is 27.8. The first kappa shape index (κ1) is 36.6. The van der Waals surface area contributed by atoms with Crippen molar-refractivity contribution < 1.29 is 27.9 Å². The number of carbonyl (C=O) groups excluding carboxylic acids is 2. The molecule has 0 fully saturated rings. The predicted molar refractivity (Wildman–Crippen MR) is 191 cm³/mol. The number of benzene rings is 3. The van der Waals surface area contributed by atoms with Gasteiger partial charge in [-0.2, -0.15) is 0 Å². The summed E-state index contributed by atoms with van der Waals surface area (Å²) < 4.78 is 32.8. The average molecular weight is 693 g/mol. The number of methoxy groups -OCH3 is 1. The Hall–Kier alpha value is -4.23. The van der Waals surface area contributed by atoms with Crippen molar-refractivity contribution in [3.8, 4) is 5.75 Å². The molecular weight excluding hydrogens is 649 g/mol. The van der Waals surface area contributed by atoms with Gasteiger partial charge in [0.05, 0.1) is 36.7 Å².